The van der Waals surface area contributed by atoms with Crippen molar-refractivity contribution >= 4 is 25.7 Å². The highest BCUT2D eigenvalue weighted by Gasteiger charge is 2.25. The zero-order chi connectivity index (χ0) is 25.8. The molecule has 1 aromatic rings. The Morgan fingerprint density at radius 3 is 2.40 bits per heavy atom. The molecule has 0 bridgehead atoms. The summed E-state index contributed by atoms with van der Waals surface area (Å²) in [5.41, 5.74) is 0.631. The number of aliphatic carboxylic acids is 1. The number of hydrogen-bond donors (Lipinski definition) is 5. The number of nitrogens with zero attached hydrogens (tertiary/aromatic N) is 1. The first-order valence-electron chi connectivity index (χ1n) is 11.9. The summed E-state index contributed by atoms with van der Waals surface area (Å²) >= 11 is 0. The van der Waals surface area contributed by atoms with E-state index in [4.69, 9.17) is 14.9 Å². The molecule has 0 aromatic heterocycles. The fraction of sp³-hybridized carbons (Fsp3) is 0.609. The van der Waals surface area contributed by atoms with E-state index in [1.54, 1.807) is 11.9 Å². The molecule has 0 radical (unpaired) electrons. The van der Waals surface area contributed by atoms with E-state index in [1.165, 1.54) is 56.4 Å². The molecule has 196 valence electrons. The lowest BCUT2D eigenvalue weighted by Gasteiger charge is -2.26. The second-order valence-electron chi connectivity index (χ2n) is 8.94. The first kappa shape index (κ1) is 28.6. The molecule has 1 atom stereocenters. The Labute approximate surface area is 205 Å². The van der Waals surface area contributed by atoms with Crippen LogP contribution in [0.5, 0.6) is 5.75 Å². The maximum Gasteiger partial charge on any atom is 0.524 e. The molecule has 1 saturated carbocycles. The molecule has 35 heavy (non-hydrogen) atoms. The van der Waals surface area contributed by atoms with Gasteiger partial charge in [0.15, 0.2) is 0 Å². The Morgan fingerprint density at radius 2 is 1.80 bits per heavy atom. The highest BCUT2D eigenvalue weighted by atomic mass is 31.2. The van der Waals surface area contributed by atoms with Crippen LogP contribution in [-0.2, 0) is 20.7 Å². The van der Waals surface area contributed by atoms with Crippen molar-refractivity contribution in [3.05, 3.63) is 29.8 Å². The summed E-state index contributed by atoms with van der Waals surface area (Å²) in [5, 5.41) is 14.2. The number of carbonyl (C=O) groups is 3. The number of phosphoric ester groups is 1. The Hall–Kier alpha value is -2.62. The van der Waals surface area contributed by atoms with Crippen LogP contribution in [0, 0.1) is 5.92 Å². The summed E-state index contributed by atoms with van der Waals surface area (Å²) < 4.78 is 15.3. The van der Waals surface area contributed by atoms with Gasteiger partial charge in [0, 0.05) is 26.6 Å². The fourth-order valence-corrected chi connectivity index (χ4v) is 4.59. The van der Waals surface area contributed by atoms with Crippen LogP contribution in [-0.4, -0.2) is 57.3 Å². The number of hydrogen-bond acceptors (Lipinski definition) is 5. The van der Waals surface area contributed by atoms with E-state index in [-0.39, 0.29) is 31.0 Å². The summed E-state index contributed by atoms with van der Waals surface area (Å²) in [7, 11) is -2.99. The van der Waals surface area contributed by atoms with Crippen LogP contribution < -0.4 is 15.2 Å². The minimum atomic E-state index is -4.65. The van der Waals surface area contributed by atoms with Crippen LogP contribution in [0.1, 0.15) is 63.4 Å². The topological polar surface area (TPSA) is 166 Å². The molecule has 0 spiro atoms. The summed E-state index contributed by atoms with van der Waals surface area (Å²) in [6.45, 7) is 0.629. The minimum Gasteiger partial charge on any atom is -0.481 e. The van der Waals surface area contributed by atoms with Gasteiger partial charge >= 0.3 is 19.8 Å². The molecule has 1 fully saturated rings. The molecular formula is C23H36N3O8P. The van der Waals surface area contributed by atoms with Gasteiger partial charge in [-0.1, -0.05) is 44.2 Å². The van der Waals surface area contributed by atoms with Gasteiger partial charge in [0.25, 0.3) is 0 Å². The predicted octanol–water partition coefficient (Wildman–Crippen LogP) is 3.01. The zero-order valence-electron chi connectivity index (χ0n) is 20.0. The van der Waals surface area contributed by atoms with Crippen LogP contribution in [0.2, 0.25) is 0 Å². The normalized spacial score (nSPS) is 15.2. The molecule has 2 rings (SSSR count). The number of benzene rings is 1. The standard InChI is InChI=1S/C23H36N3O8P/c1-26(15-5-8-17-6-3-2-4-7-17)22(29)20(13-14-21(27)28)25-23(30)24-16-18-9-11-19(12-10-18)34-35(31,32)33/h9-12,17,20H,2-8,13-16H2,1H3,(H,27,28)(H2,24,25,30)(H2,31,32,33). The number of carbonyl (C=O) groups excluding carboxylic acids is 2. The second-order valence-corrected chi connectivity index (χ2v) is 10.1. The van der Waals surface area contributed by atoms with Crippen LogP contribution in [0.25, 0.3) is 0 Å². The first-order chi connectivity index (χ1) is 16.5. The van der Waals surface area contributed by atoms with E-state index >= 15 is 0 Å². The SMILES string of the molecule is CN(CCCC1CCCCC1)C(=O)C(CCC(=O)O)NC(=O)NCc1ccc(OP(=O)(O)O)cc1. The van der Waals surface area contributed by atoms with Crippen molar-refractivity contribution in [3.63, 3.8) is 0 Å². The average Bonchev–Trinajstić information content (AvgIpc) is 2.80. The lowest BCUT2D eigenvalue weighted by atomic mass is 9.86. The number of carboxylic acid groups (broad SMARTS) is 1. The van der Waals surface area contributed by atoms with Crippen molar-refractivity contribution in [2.75, 3.05) is 13.6 Å². The highest BCUT2D eigenvalue weighted by molar-refractivity contribution is 7.46. The van der Waals surface area contributed by atoms with Gasteiger partial charge in [0.05, 0.1) is 0 Å². The smallest absolute Gasteiger partial charge is 0.481 e. The third kappa shape index (κ3) is 11.6. The Kier molecular flexibility index (Phi) is 11.5. The lowest BCUT2D eigenvalue weighted by Crippen LogP contribution is -2.50. The fourth-order valence-electron chi connectivity index (χ4n) is 4.19. The molecule has 12 heteroatoms. The van der Waals surface area contributed by atoms with E-state index in [2.05, 4.69) is 15.2 Å². The van der Waals surface area contributed by atoms with Crippen LogP contribution in [0.4, 0.5) is 4.79 Å². The van der Waals surface area contributed by atoms with Crippen molar-refractivity contribution < 1.29 is 38.4 Å². The Bertz CT molecular complexity index is 883. The Morgan fingerprint density at radius 1 is 1.14 bits per heavy atom. The molecule has 1 aromatic carbocycles. The number of carboxylic acids is 1. The molecule has 3 amide bonds. The maximum atomic E-state index is 12.9. The Balaban J connectivity index is 1.84. The van der Waals surface area contributed by atoms with E-state index in [1.807, 2.05) is 0 Å². The average molecular weight is 514 g/mol. The third-order valence-electron chi connectivity index (χ3n) is 6.06. The van der Waals surface area contributed by atoms with Gasteiger partial charge in [-0.25, -0.2) is 9.36 Å². The monoisotopic (exact) mass is 513 g/mol. The van der Waals surface area contributed by atoms with Gasteiger partial charge in [-0.15, -0.1) is 0 Å². The van der Waals surface area contributed by atoms with E-state index in [0.717, 1.165) is 12.8 Å². The predicted molar refractivity (Wildman–Crippen MR) is 129 cm³/mol. The van der Waals surface area contributed by atoms with Gasteiger partial charge in [0.1, 0.15) is 11.8 Å². The number of amides is 3. The molecule has 1 aliphatic carbocycles. The number of nitrogens with one attached hydrogen (secondary N) is 2. The van der Waals surface area contributed by atoms with Crippen molar-refractivity contribution in [2.24, 2.45) is 5.92 Å². The number of phosphoric acid groups is 1. The molecular weight excluding hydrogens is 477 g/mol. The summed E-state index contributed by atoms with van der Waals surface area (Å²) in [4.78, 5) is 55.6. The second kappa shape index (κ2) is 14.1. The van der Waals surface area contributed by atoms with E-state index < -0.39 is 25.9 Å². The molecule has 0 heterocycles. The zero-order valence-corrected chi connectivity index (χ0v) is 20.9. The molecule has 0 saturated heterocycles. The number of likely N-dealkylation sites (N-methyl/N-ethyl adjacent to an activating group) is 1. The number of rotatable bonds is 13. The van der Waals surface area contributed by atoms with Crippen molar-refractivity contribution in [1.29, 1.82) is 0 Å². The molecule has 1 unspecified atom stereocenters. The van der Waals surface area contributed by atoms with Crippen LogP contribution in [0.15, 0.2) is 24.3 Å². The largest absolute Gasteiger partial charge is 0.524 e. The van der Waals surface area contributed by atoms with E-state index in [0.29, 0.717) is 18.0 Å². The van der Waals surface area contributed by atoms with Crippen molar-refractivity contribution in [2.45, 2.75) is 70.4 Å². The molecule has 1 aliphatic rings. The van der Waals surface area contributed by atoms with Gasteiger partial charge in [-0.3, -0.25) is 19.4 Å². The lowest BCUT2D eigenvalue weighted by molar-refractivity contribution is -0.137. The van der Waals surface area contributed by atoms with Gasteiger partial charge in [-0.05, 0) is 42.9 Å². The van der Waals surface area contributed by atoms with Gasteiger partial charge in [-0.2, -0.15) is 0 Å². The molecule has 5 N–H and O–H groups in total. The quantitative estimate of drug-likeness (QED) is 0.251. The van der Waals surface area contributed by atoms with Crippen molar-refractivity contribution in [3.8, 4) is 5.75 Å². The van der Waals surface area contributed by atoms with Gasteiger partial charge < -0.3 is 25.2 Å². The van der Waals surface area contributed by atoms with Crippen LogP contribution >= 0.6 is 7.82 Å². The maximum absolute atomic E-state index is 12.9. The van der Waals surface area contributed by atoms with E-state index in [9.17, 15) is 18.9 Å². The van der Waals surface area contributed by atoms with Crippen molar-refractivity contribution in [1.82, 2.24) is 15.5 Å². The summed E-state index contributed by atoms with van der Waals surface area (Å²) in [5.74, 6) is -0.694. The third-order valence-corrected chi connectivity index (χ3v) is 6.51. The molecule has 0 aliphatic heterocycles. The first-order valence-corrected chi connectivity index (χ1v) is 13.4. The number of urea groups is 1. The summed E-state index contributed by atoms with van der Waals surface area (Å²) in [6, 6.07) is 4.17. The minimum absolute atomic E-state index is 0.0163. The summed E-state index contributed by atoms with van der Waals surface area (Å²) in [6.07, 6.45) is 7.94. The molecule has 11 nitrogen and oxygen atoms in total. The highest BCUT2D eigenvalue weighted by Crippen LogP contribution is 2.37. The van der Waals surface area contributed by atoms with Crippen LogP contribution in [0.3, 0.4) is 0 Å². The van der Waals surface area contributed by atoms with Gasteiger partial charge in [0.2, 0.25) is 5.91 Å².